The minimum Gasteiger partial charge on any atom is -0.496 e. The zero-order chi connectivity index (χ0) is 27.7. The lowest BCUT2D eigenvalue weighted by atomic mass is 10.1. The highest BCUT2D eigenvalue weighted by Gasteiger charge is 2.41. The van der Waals surface area contributed by atoms with E-state index in [0.29, 0.717) is 62.9 Å². The number of carbonyl (C=O) groups is 1. The van der Waals surface area contributed by atoms with Crippen LogP contribution < -0.4 is 14.2 Å². The first-order valence-electron chi connectivity index (χ1n) is 12.6. The smallest absolute Gasteiger partial charge is 0.306 e. The number of carboxylic acid groups (broad SMARTS) is 1. The van der Waals surface area contributed by atoms with E-state index >= 15 is 0 Å². The monoisotopic (exact) mass is 570 g/mol. The first-order valence-corrected chi connectivity index (χ1v) is 13.3. The molecule has 1 aliphatic carbocycles. The normalized spacial score (nSPS) is 14.7. The minimum absolute atomic E-state index is 0.254. The molecule has 1 fully saturated rings. The van der Waals surface area contributed by atoms with Crippen LogP contribution in [0.5, 0.6) is 17.4 Å². The van der Waals surface area contributed by atoms with Crippen LogP contribution in [0.1, 0.15) is 38.7 Å². The molecular formula is C28H28Cl2N4O5. The lowest BCUT2D eigenvalue weighted by molar-refractivity contribution is -0.141. The maximum atomic E-state index is 11.1. The Labute approximate surface area is 235 Å². The molecule has 1 atom stereocenters. The van der Waals surface area contributed by atoms with Crippen LogP contribution >= 0.6 is 23.2 Å². The summed E-state index contributed by atoms with van der Waals surface area (Å²) < 4.78 is 19.5. The summed E-state index contributed by atoms with van der Waals surface area (Å²) in [5.74, 6) is 0.832. The number of halogens is 2. The molecule has 0 saturated heterocycles. The molecule has 0 unspecified atom stereocenters. The summed E-state index contributed by atoms with van der Waals surface area (Å²) in [6, 6.07) is 10.7. The maximum Gasteiger partial charge on any atom is 0.306 e. The number of aromatic nitrogens is 4. The van der Waals surface area contributed by atoms with Crippen molar-refractivity contribution in [3.63, 3.8) is 0 Å². The van der Waals surface area contributed by atoms with Crippen molar-refractivity contribution in [1.82, 2.24) is 19.5 Å². The average molecular weight is 571 g/mol. The molecule has 4 aromatic rings. The molecule has 2 aromatic heterocycles. The molecule has 0 aliphatic heterocycles. The van der Waals surface area contributed by atoms with Crippen LogP contribution in [-0.4, -0.2) is 49.9 Å². The van der Waals surface area contributed by atoms with Crippen molar-refractivity contribution < 1.29 is 24.1 Å². The third kappa shape index (κ3) is 5.89. The fraction of sp³-hybridized carbons (Fsp3) is 0.357. The van der Waals surface area contributed by atoms with Gasteiger partial charge in [-0.25, -0.2) is 9.97 Å². The van der Waals surface area contributed by atoms with Gasteiger partial charge in [0.25, 0.3) is 0 Å². The summed E-state index contributed by atoms with van der Waals surface area (Å²) in [7, 11) is 1.61. The van der Waals surface area contributed by atoms with Crippen molar-refractivity contribution in [2.75, 3.05) is 13.7 Å². The van der Waals surface area contributed by atoms with E-state index in [4.69, 9.17) is 47.5 Å². The highest BCUT2D eigenvalue weighted by molar-refractivity contribution is 6.33. The molecule has 11 heteroatoms. The Hall–Kier alpha value is -3.56. The van der Waals surface area contributed by atoms with Crippen molar-refractivity contribution in [3.8, 4) is 28.8 Å². The first-order chi connectivity index (χ1) is 18.7. The first kappa shape index (κ1) is 27.0. The number of fused-ring (bicyclic) bond motifs is 1. The van der Waals surface area contributed by atoms with Gasteiger partial charge in [0, 0.05) is 16.1 Å². The second kappa shape index (κ2) is 10.9. The number of methoxy groups -OCH3 is 1. The number of carboxylic acids is 1. The van der Waals surface area contributed by atoms with Crippen LogP contribution in [-0.2, 0) is 11.3 Å². The molecular weight excluding hydrogens is 543 g/mol. The summed E-state index contributed by atoms with van der Waals surface area (Å²) >= 11 is 13.1. The molecule has 0 bridgehead atoms. The lowest BCUT2D eigenvalue weighted by Gasteiger charge is -2.14. The number of rotatable bonds is 11. The van der Waals surface area contributed by atoms with Crippen molar-refractivity contribution in [1.29, 1.82) is 0 Å². The van der Waals surface area contributed by atoms with Gasteiger partial charge in [0.15, 0.2) is 11.2 Å². The highest BCUT2D eigenvalue weighted by atomic mass is 35.5. The summed E-state index contributed by atoms with van der Waals surface area (Å²) in [6.07, 6.45) is 3.75. The zero-order valence-electron chi connectivity index (χ0n) is 21.8. The second-order valence-corrected chi connectivity index (χ2v) is 10.7. The highest BCUT2D eigenvalue weighted by Crippen LogP contribution is 2.41. The number of imidazole rings is 1. The van der Waals surface area contributed by atoms with Gasteiger partial charge in [-0.05, 0) is 62.6 Å². The minimum atomic E-state index is -0.857. The number of hydrogen-bond donors (Lipinski definition) is 1. The van der Waals surface area contributed by atoms with Gasteiger partial charge in [0.2, 0.25) is 5.88 Å². The molecule has 9 nitrogen and oxygen atoms in total. The van der Waals surface area contributed by atoms with Crippen LogP contribution in [0.15, 0.2) is 42.7 Å². The Morgan fingerprint density at radius 2 is 1.97 bits per heavy atom. The molecule has 0 amide bonds. The molecule has 39 heavy (non-hydrogen) atoms. The second-order valence-electron chi connectivity index (χ2n) is 9.90. The predicted molar refractivity (Wildman–Crippen MR) is 148 cm³/mol. The number of hydrogen-bond acceptors (Lipinski definition) is 7. The Morgan fingerprint density at radius 3 is 2.67 bits per heavy atom. The Balaban J connectivity index is 1.55. The van der Waals surface area contributed by atoms with Gasteiger partial charge in [0.1, 0.15) is 29.3 Å². The molecule has 0 spiro atoms. The largest absolute Gasteiger partial charge is 0.496 e. The number of ether oxygens (including phenoxy) is 3. The quantitative estimate of drug-likeness (QED) is 0.224. The van der Waals surface area contributed by atoms with E-state index in [1.165, 1.54) is 6.33 Å². The third-order valence-electron chi connectivity index (χ3n) is 6.79. The predicted octanol–water partition coefficient (Wildman–Crippen LogP) is 6.28. The van der Waals surface area contributed by atoms with Crippen LogP contribution in [0.4, 0.5) is 0 Å². The van der Waals surface area contributed by atoms with Crippen molar-refractivity contribution in [2.45, 2.75) is 45.3 Å². The van der Waals surface area contributed by atoms with E-state index in [9.17, 15) is 4.79 Å². The van der Waals surface area contributed by atoms with Crippen LogP contribution in [0.2, 0.25) is 10.0 Å². The van der Waals surface area contributed by atoms with Gasteiger partial charge in [-0.3, -0.25) is 4.79 Å². The molecule has 2 aromatic carbocycles. The van der Waals surface area contributed by atoms with Gasteiger partial charge in [0.05, 0.1) is 31.2 Å². The average Bonchev–Trinajstić information content (AvgIpc) is 3.52. The summed E-state index contributed by atoms with van der Waals surface area (Å²) in [5, 5.41) is 10.1. The lowest BCUT2D eigenvalue weighted by Crippen LogP contribution is -2.13. The van der Waals surface area contributed by atoms with E-state index in [-0.39, 0.29) is 12.2 Å². The number of aliphatic carboxylic acids is 1. The molecule has 204 valence electrons. The Kier molecular flexibility index (Phi) is 7.55. The third-order valence-corrected chi connectivity index (χ3v) is 7.34. The topological polar surface area (TPSA) is 109 Å². The van der Waals surface area contributed by atoms with E-state index < -0.39 is 11.9 Å². The van der Waals surface area contributed by atoms with Crippen molar-refractivity contribution >= 4 is 40.3 Å². The van der Waals surface area contributed by atoms with E-state index in [2.05, 4.69) is 9.97 Å². The number of benzene rings is 2. The molecule has 1 N–H and O–H groups in total. The Morgan fingerprint density at radius 1 is 1.18 bits per heavy atom. The fourth-order valence-electron chi connectivity index (χ4n) is 4.14. The molecule has 0 radical (unpaired) electrons. The van der Waals surface area contributed by atoms with Gasteiger partial charge < -0.3 is 23.9 Å². The van der Waals surface area contributed by atoms with Crippen molar-refractivity contribution in [2.24, 2.45) is 5.92 Å². The van der Waals surface area contributed by atoms with E-state index in [0.717, 1.165) is 18.4 Å². The SMILES string of the molecule is COc1ccc(Cl)cc1Cn1c(-c2ccc(OCC[C@H](C)C(=O)O)cc2Cl)nc2c(OC3(C)CC3)ncnc21. The standard InChI is InChI=1S/C28H28Cl2N4O5/c1-16(27(35)36)8-11-38-19-5-6-20(21(30)13-19)24-33-23-25(31-15-32-26(23)39-28(2)9-10-28)34(24)14-17-12-18(29)4-7-22(17)37-3/h4-7,12-13,15-16H,8-11,14H2,1-3H3,(H,35,36)/t16-/m0/s1. The number of nitrogens with zero attached hydrogens (tertiary/aromatic N) is 4. The molecule has 5 rings (SSSR count). The van der Waals surface area contributed by atoms with E-state index in [1.807, 2.05) is 29.7 Å². The zero-order valence-corrected chi connectivity index (χ0v) is 23.3. The Bertz CT molecular complexity index is 1540. The van der Waals surface area contributed by atoms with Crippen LogP contribution in [0.3, 0.4) is 0 Å². The summed E-state index contributed by atoms with van der Waals surface area (Å²) in [6.45, 7) is 4.30. The molecule has 1 aliphatic rings. The summed E-state index contributed by atoms with van der Waals surface area (Å²) in [5.41, 5.74) is 2.35. The summed E-state index contributed by atoms with van der Waals surface area (Å²) in [4.78, 5) is 24.9. The van der Waals surface area contributed by atoms with E-state index in [1.54, 1.807) is 32.2 Å². The van der Waals surface area contributed by atoms with Gasteiger partial charge in [-0.1, -0.05) is 30.1 Å². The van der Waals surface area contributed by atoms with Gasteiger partial charge in [-0.15, -0.1) is 0 Å². The van der Waals surface area contributed by atoms with Crippen LogP contribution in [0.25, 0.3) is 22.6 Å². The van der Waals surface area contributed by atoms with Crippen molar-refractivity contribution in [3.05, 3.63) is 58.3 Å². The maximum absolute atomic E-state index is 11.1. The molecule has 1 saturated carbocycles. The van der Waals surface area contributed by atoms with Gasteiger partial charge in [-0.2, -0.15) is 4.98 Å². The van der Waals surface area contributed by atoms with Gasteiger partial charge >= 0.3 is 5.97 Å². The fourth-order valence-corrected chi connectivity index (χ4v) is 4.59. The van der Waals surface area contributed by atoms with Crippen LogP contribution in [0, 0.1) is 5.92 Å². The molecule has 2 heterocycles.